The Labute approximate surface area is 180 Å². The van der Waals surface area contributed by atoms with Crippen molar-refractivity contribution in [2.75, 3.05) is 16.4 Å². The largest absolute Gasteiger partial charge is 0.325 e. The van der Waals surface area contributed by atoms with Crippen molar-refractivity contribution in [3.8, 4) is 5.82 Å². The van der Waals surface area contributed by atoms with E-state index < -0.39 is 0 Å². The Kier molecular flexibility index (Phi) is 5.98. The molecule has 0 aliphatic rings. The summed E-state index contributed by atoms with van der Waals surface area (Å²) in [4.78, 5) is 32.8. The summed E-state index contributed by atoms with van der Waals surface area (Å²) >= 11 is 1.23. The third-order valence-electron chi connectivity index (χ3n) is 4.12. The number of aromatic nitrogens is 7. The van der Waals surface area contributed by atoms with Crippen LogP contribution in [0.15, 0.2) is 66.5 Å². The highest BCUT2D eigenvalue weighted by Gasteiger charge is 2.10. The molecular weight excluding hydrogens is 418 g/mol. The van der Waals surface area contributed by atoms with Gasteiger partial charge in [-0.25, -0.2) is 14.6 Å². The van der Waals surface area contributed by atoms with E-state index in [0.717, 1.165) is 0 Å². The number of pyridine rings is 1. The molecule has 4 aromatic rings. The lowest BCUT2D eigenvalue weighted by Crippen LogP contribution is -2.15. The molecule has 0 radical (unpaired) electrons. The van der Waals surface area contributed by atoms with E-state index in [1.165, 1.54) is 16.4 Å². The minimum absolute atomic E-state index is 0.165. The molecule has 4 rings (SSSR count). The van der Waals surface area contributed by atoms with Crippen LogP contribution in [0, 0.1) is 0 Å². The number of nitrogens with one attached hydrogen (secondary N) is 2. The third kappa shape index (κ3) is 5.11. The highest BCUT2D eigenvalue weighted by atomic mass is 32.2. The first kappa shape index (κ1) is 20.2. The minimum Gasteiger partial charge on any atom is -0.325 e. The van der Waals surface area contributed by atoms with Crippen molar-refractivity contribution in [1.82, 2.24) is 34.7 Å². The van der Waals surface area contributed by atoms with E-state index in [-0.39, 0.29) is 17.6 Å². The number of carbonyl (C=O) groups excluding carboxylic acids is 2. The first-order valence-electron chi connectivity index (χ1n) is 9.09. The first-order chi connectivity index (χ1) is 15.1. The van der Waals surface area contributed by atoms with Crippen LogP contribution in [-0.2, 0) is 11.8 Å². The van der Waals surface area contributed by atoms with E-state index in [1.54, 1.807) is 72.9 Å². The monoisotopic (exact) mass is 435 g/mol. The number of thioether (sulfide) groups is 1. The zero-order chi connectivity index (χ0) is 21.6. The molecule has 0 saturated carbocycles. The van der Waals surface area contributed by atoms with Crippen molar-refractivity contribution in [2.24, 2.45) is 7.05 Å². The maximum atomic E-state index is 12.5. The Hall–Kier alpha value is -4.06. The number of imidazole rings is 1. The molecule has 11 nitrogen and oxygen atoms in total. The molecule has 3 heterocycles. The number of benzene rings is 1. The molecule has 0 aliphatic carbocycles. The fourth-order valence-corrected chi connectivity index (χ4v) is 3.24. The molecule has 2 N–H and O–H groups in total. The molecule has 156 valence electrons. The molecule has 0 unspecified atom stereocenters. The van der Waals surface area contributed by atoms with Crippen LogP contribution in [0.2, 0.25) is 0 Å². The predicted molar refractivity (Wildman–Crippen MR) is 114 cm³/mol. The van der Waals surface area contributed by atoms with Gasteiger partial charge in [0.2, 0.25) is 11.1 Å². The van der Waals surface area contributed by atoms with Crippen LogP contribution in [0.25, 0.3) is 5.82 Å². The Morgan fingerprint density at radius 3 is 2.52 bits per heavy atom. The second kappa shape index (κ2) is 9.17. The molecule has 0 fully saturated rings. The van der Waals surface area contributed by atoms with Gasteiger partial charge >= 0.3 is 0 Å². The average Bonchev–Trinajstić information content (AvgIpc) is 3.45. The number of amides is 2. The SMILES string of the molecule is Cn1nnnc1SCC(=O)Nc1ccc(C(=O)Nc2ccc(-n3ccnc3)nc2)cc1. The van der Waals surface area contributed by atoms with Gasteiger partial charge in [0.15, 0.2) is 0 Å². The van der Waals surface area contributed by atoms with Gasteiger partial charge in [-0.15, -0.1) is 5.10 Å². The summed E-state index contributed by atoms with van der Waals surface area (Å²) < 4.78 is 3.26. The summed E-state index contributed by atoms with van der Waals surface area (Å²) in [6.07, 6.45) is 6.67. The highest BCUT2D eigenvalue weighted by molar-refractivity contribution is 7.99. The quantitative estimate of drug-likeness (QED) is 0.420. The molecular formula is C19H17N9O2S. The van der Waals surface area contributed by atoms with Gasteiger partial charge in [0.1, 0.15) is 12.1 Å². The van der Waals surface area contributed by atoms with E-state index in [9.17, 15) is 9.59 Å². The molecule has 3 aromatic heterocycles. The molecule has 0 spiro atoms. The predicted octanol–water partition coefficient (Wildman–Crippen LogP) is 1.77. The Bertz CT molecular complexity index is 1170. The number of carbonyl (C=O) groups is 2. The van der Waals surface area contributed by atoms with Gasteiger partial charge in [0.25, 0.3) is 5.91 Å². The van der Waals surface area contributed by atoms with Crippen molar-refractivity contribution in [3.05, 3.63) is 66.9 Å². The van der Waals surface area contributed by atoms with Crippen molar-refractivity contribution in [2.45, 2.75) is 5.16 Å². The smallest absolute Gasteiger partial charge is 0.255 e. The van der Waals surface area contributed by atoms with E-state index in [0.29, 0.717) is 27.9 Å². The molecule has 0 bridgehead atoms. The summed E-state index contributed by atoms with van der Waals surface area (Å²) in [7, 11) is 1.70. The molecule has 2 amide bonds. The average molecular weight is 435 g/mol. The number of anilines is 2. The van der Waals surface area contributed by atoms with Crippen LogP contribution in [0.3, 0.4) is 0 Å². The molecule has 31 heavy (non-hydrogen) atoms. The zero-order valence-electron chi connectivity index (χ0n) is 16.3. The number of rotatable bonds is 7. The van der Waals surface area contributed by atoms with Crippen LogP contribution < -0.4 is 10.6 Å². The Balaban J connectivity index is 1.30. The number of aryl methyl sites for hydroxylation is 1. The Morgan fingerprint density at radius 1 is 1.06 bits per heavy atom. The standard InChI is InChI=1S/C19H17N9O2S/c1-27-19(24-25-26-27)31-11-17(29)22-14-4-2-13(3-5-14)18(30)23-15-6-7-16(21-10-15)28-9-8-20-12-28/h2-10,12H,11H2,1H3,(H,22,29)(H,23,30). The number of hydrogen-bond donors (Lipinski definition) is 2. The fourth-order valence-electron chi connectivity index (χ4n) is 2.59. The normalized spacial score (nSPS) is 10.6. The zero-order valence-corrected chi connectivity index (χ0v) is 17.2. The van der Waals surface area contributed by atoms with E-state index in [2.05, 4.69) is 36.1 Å². The third-order valence-corrected chi connectivity index (χ3v) is 5.13. The molecule has 0 atom stereocenters. The summed E-state index contributed by atoms with van der Waals surface area (Å²) in [5.41, 5.74) is 1.61. The van der Waals surface area contributed by atoms with Crippen molar-refractivity contribution in [1.29, 1.82) is 0 Å². The topological polar surface area (TPSA) is 133 Å². The Morgan fingerprint density at radius 2 is 1.87 bits per heavy atom. The molecule has 1 aromatic carbocycles. The number of nitrogens with zero attached hydrogens (tertiary/aromatic N) is 7. The molecule has 0 aliphatic heterocycles. The summed E-state index contributed by atoms with van der Waals surface area (Å²) in [5.74, 6) is 0.386. The van der Waals surface area contributed by atoms with Gasteiger partial charge in [0.05, 0.1) is 17.6 Å². The van der Waals surface area contributed by atoms with Gasteiger partial charge < -0.3 is 10.6 Å². The highest BCUT2D eigenvalue weighted by Crippen LogP contribution is 2.16. The minimum atomic E-state index is -0.277. The van der Waals surface area contributed by atoms with Gasteiger partial charge in [-0.05, 0) is 46.8 Å². The van der Waals surface area contributed by atoms with Crippen molar-refractivity contribution >= 4 is 35.0 Å². The van der Waals surface area contributed by atoms with Crippen molar-refractivity contribution < 1.29 is 9.59 Å². The van der Waals surface area contributed by atoms with Crippen LogP contribution in [0.5, 0.6) is 0 Å². The maximum absolute atomic E-state index is 12.5. The first-order valence-corrected chi connectivity index (χ1v) is 10.1. The van der Waals surface area contributed by atoms with Gasteiger partial charge in [-0.3, -0.25) is 14.2 Å². The van der Waals surface area contributed by atoms with Gasteiger partial charge in [-0.2, -0.15) is 0 Å². The van der Waals surface area contributed by atoms with E-state index in [4.69, 9.17) is 0 Å². The van der Waals surface area contributed by atoms with Crippen LogP contribution in [-0.4, -0.2) is 52.3 Å². The lowest BCUT2D eigenvalue weighted by molar-refractivity contribution is -0.113. The molecule has 12 heteroatoms. The van der Waals surface area contributed by atoms with E-state index >= 15 is 0 Å². The second-order valence-corrected chi connectivity index (χ2v) is 7.27. The summed E-state index contributed by atoms with van der Waals surface area (Å²) in [6.45, 7) is 0. The second-order valence-electron chi connectivity index (χ2n) is 6.33. The summed E-state index contributed by atoms with van der Waals surface area (Å²) in [6, 6.07) is 10.2. The van der Waals surface area contributed by atoms with Gasteiger partial charge in [-0.1, -0.05) is 11.8 Å². The lowest BCUT2D eigenvalue weighted by Gasteiger charge is -2.08. The van der Waals surface area contributed by atoms with Gasteiger partial charge in [0, 0.05) is 30.7 Å². The maximum Gasteiger partial charge on any atom is 0.255 e. The van der Waals surface area contributed by atoms with Crippen molar-refractivity contribution in [3.63, 3.8) is 0 Å². The van der Waals surface area contributed by atoms with Crippen LogP contribution >= 0.6 is 11.8 Å². The van der Waals surface area contributed by atoms with Crippen LogP contribution in [0.1, 0.15) is 10.4 Å². The summed E-state index contributed by atoms with van der Waals surface area (Å²) in [5, 5.41) is 17.2. The lowest BCUT2D eigenvalue weighted by atomic mass is 10.2. The van der Waals surface area contributed by atoms with E-state index in [1.807, 2.05) is 0 Å². The van der Waals surface area contributed by atoms with Crippen LogP contribution in [0.4, 0.5) is 11.4 Å². The number of tetrazole rings is 1. The number of hydrogen-bond acceptors (Lipinski definition) is 8. The molecule has 0 saturated heterocycles. The fraction of sp³-hybridized carbons (Fsp3) is 0.105.